The van der Waals surface area contributed by atoms with Crippen molar-refractivity contribution < 1.29 is 12.8 Å². The van der Waals surface area contributed by atoms with Crippen LogP contribution in [0.15, 0.2) is 87.2 Å². The normalized spacial score (nSPS) is 11.6. The topological polar surface area (TPSA) is 94.2 Å². The number of hydrogen-bond donors (Lipinski definition) is 1. The summed E-state index contributed by atoms with van der Waals surface area (Å²) in [6.07, 6.45) is 3.09. The van der Waals surface area contributed by atoms with Gasteiger partial charge in [0.15, 0.2) is 0 Å². The monoisotopic (exact) mass is 381 g/mol. The van der Waals surface area contributed by atoms with Gasteiger partial charge in [-0.3, -0.25) is 9.40 Å². The largest absolute Gasteiger partial charge is 0.423 e. The zero-order chi connectivity index (χ0) is 18.9. The van der Waals surface area contributed by atoms with Crippen molar-refractivity contribution in [3.05, 3.63) is 89.0 Å². The van der Waals surface area contributed by atoms with Crippen molar-refractivity contribution in [3.63, 3.8) is 0 Å². The molecule has 2 aromatic carbocycles. The lowest BCUT2D eigenvalue weighted by Gasteiger charge is -2.06. The van der Waals surface area contributed by atoms with Crippen molar-refractivity contribution >= 4 is 26.7 Å². The molecule has 4 rings (SSSR count). The molecule has 0 aliphatic rings. The molecule has 0 aliphatic heterocycles. The maximum atomic E-state index is 12.6. The Balaban J connectivity index is 1.56. The van der Waals surface area contributed by atoms with Crippen molar-refractivity contribution in [1.29, 1.82) is 0 Å². The first-order chi connectivity index (χ1) is 13.0. The Kier molecular flexibility index (Phi) is 4.25. The predicted octanol–water partition coefficient (Wildman–Crippen LogP) is 2.84. The molecule has 2 heterocycles. The van der Waals surface area contributed by atoms with Gasteiger partial charge >= 0.3 is 5.63 Å². The third-order valence-corrected chi connectivity index (χ3v) is 5.35. The molecule has 0 saturated heterocycles. The van der Waals surface area contributed by atoms with Crippen molar-refractivity contribution in [1.82, 2.24) is 9.78 Å². The number of sulfonamides is 1. The van der Waals surface area contributed by atoms with E-state index in [-0.39, 0.29) is 4.90 Å². The van der Waals surface area contributed by atoms with Crippen LogP contribution < -0.4 is 10.3 Å². The molecule has 0 radical (unpaired) electrons. The summed E-state index contributed by atoms with van der Waals surface area (Å²) in [4.78, 5) is 11.3. The summed E-state index contributed by atoms with van der Waals surface area (Å²) in [5.74, 6) is 0. The second kappa shape index (κ2) is 6.73. The molecule has 0 unspecified atom stereocenters. The summed E-state index contributed by atoms with van der Waals surface area (Å²) in [5, 5.41) is 4.71. The van der Waals surface area contributed by atoms with E-state index in [1.54, 1.807) is 10.9 Å². The van der Waals surface area contributed by atoms with Crippen LogP contribution in [0.5, 0.6) is 0 Å². The number of rotatable bonds is 5. The summed E-state index contributed by atoms with van der Waals surface area (Å²) in [5.41, 5.74) is 1.27. The van der Waals surface area contributed by atoms with E-state index in [0.29, 0.717) is 23.2 Å². The first-order valence-corrected chi connectivity index (χ1v) is 9.61. The minimum atomic E-state index is -3.80. The van der Waals surface area contributed by atoms with Gasteiger partial charge in [-0.2, -0.15) is 5.10 Å². The quantitative estimate of drug-likeness (QED) is 0.537. The van der Waals surface area contributed by atoms with E-state index in [2.05, 4.69) is 9.82 Å². The SMILES string of the molecule is O=c1ccc2cc(S(=O)(=O)Nc3cnn(Cc4ccccc4)c3)ccc2o1. The third-order valence-electron chi connectivity index (χ3n) is 3.97. The Morgan fingerprint density at radius 2 is 1.85 bits per heavy atom. The van der Waals surface area contributed by atoms with Crippen molar-refractivity contribution in [2.75, 3.05) is 4.72 Å². The fourth-order valence-corrected chi connectivity index (χ4v) is 3.77. The minimum Gasteiger partial charge on any atom is -0.423 e. The summed E-state index contributed by atoms with van der Waals surface area (Å²) < 4.78 is 34.5. The average molecular weight is 381 g/mol. The van der Waals surface area contributed by atoms with E-state index in [0.717, 1.165) is 5.56 Å². The summed E-state index contributed by atoms with van der Waals surface area (Å²) >= 11 is 0. The Bertz CT molecular complexity index is 1260. The number of aromatic nitrogens is 2. The lowest BCUT2D eigenvalue weighted by molar-refractivity contribution is 0.560. The van der Waals surface area contributed by atoms with Crippen LogP contribution in [0.25, 0.3) is 11.0 Å². The lowest BCUT2D eigenvalue weighted by Crippen LogP contribution is -2.12. The standard InChI is InChI=1S/C19H15N3O4S/c23-19-9-6-15-10-17(7-8-18(15)26-19)27(24,25)21-16-11-20-22(13-16)12-14-4-2-1-3-5-14/h1-11,13,21H,12H2. The van der Waals surface area contributed by atoms with Crippen LogP contribution in [0.2, 0.25) is 0 Å². The van der Waals surface area contributed by atoms with E-state index in [4.69, 9.17) is 4.42 Å². The fourth-order valence-electron chi connectivity index (χ4n) is 2.70. The molecule has 0 atom stereocenters. The Morgan fingerprint density at radius 3 is 2.67 bits per heavy atom. The summed E-state index contributed by atoms with van der Waals surface area (Å²) in [6.45, 7) is 0.539. The second-order valence-corrected chi connectivity index (χ2v) is 7.65. The maximum Gasteiger partial charge on any atom is 0.336 e. The number of fused-ring (bicyclic) bond motifs is 1. The van der Waals surface area contributed by atoms with Crippen LogP contribution in [0.3, 0.4) is 0 Å². The van der Waals surface area contributed by atoms with Crippen molar-refractivity contribution in [2.24, 2.45) is 0 Å². The molecule has 0 bridgehead atoms. The van der Waals surface area contributed by atoms with Gasteiger partial charge in [0, 0.05) is 17.6 Å². The van der Waals surface area contributed by atoms with Crippen LogP contribution in [0.4, 0.5) is 5.69 Å². The highest BCUT2D eigenvalue weighted by atomic mass is 32.2. The molecule has 0 amide bonds. The summed E-state index contributed by atoms with van der Waals surface area (Å²) in [7, 11) is -3.80. The molecule has 2 aromatic heterocycles. The van der Waals surface area contributed by atoms with Gasteiger partial charge in [-0.05, 0) is 29.8 Å². The van der Waals surface area contributed by atoms with E-state index in [9.17, 15) is 13.2 Å². The van der Waals surface area contributed by atoms with Gasteiger partial charge in [-0.1, -0.05) is 30.3 Å². The number of benzene rings is 2. The van der Waals surface area contributed by atoms with E-state index in [1.165, 1.54) is 36.5 Å². The van der Waals surface area contributed by atoms with E-state index < -0.39 is 15.6 Å². The molecule has 0 spiro atoms. The van der Waals surface area contributed by atoms with Crippen molar-refractivity contribution in [3.8, 4) is 0 Å². The van der Waals surface area contributed by atoms with Gasteiger partial charge in [0.2, 0.25) is 0 Å². The molecular weight excluding hydrogens is 366 g/mol. The molecule has 27 heavy (non-hydrogen) atoms. The van der Waals surface area contributed by atoms with Crippen LogP contribution in [0, 0.1) is 0 Å². The number of nitrogens with zero attached hydrogens (tertiary/aromatic N) is 2. The van der Waals surface area contributed by atoms with E-state index >= 15 is 0 Å². The first-order valence-electron chi connectivity index (χ1n) is 8.13. The molecule has 1 N–H and O–H groups in total. The highest BCUT2D eigenvalue weighted by Gasteiger charge is 2.16. The Hall–Kier alpha value is -3.39. The maximum absolute atomic E-state index is 12.6. The lowest BCUT2D eigenvalue weighted by atomic mass is 10.2. The highest BCUT2D eigenvalue weighted by Crippen LogP contribution is 2.20. The van der Waals surface area contributed by atoms with Gasteiger partial charge in [0.1, 0.15) is 5.58 Å². The Morgan fingerprint density at radius 1 is 1.04 bits per heavy atom. The summed E-state index contributed by atoms with van der Waals surface area (Å²) in [6, 6.07) is 16.8. The van der Waals surface area contributed by atoms with Gasteiger partial charge < -0.3 is 4.42 Å². The van der Waals surface area contributed by atoms with Crippen molar-refractivity contribution in [2.45, 2.75) is 11.4 Å². The minimum absolute atomic E-state index is 0.0691. The molecule has 4 aromatic rings. The zero-order valence-electron chi connectivity index (χ0n) is 14.1. The molecule has 0 fully saturated rings. The van der Waals surface area contributed by atoms with Crippen LogP contribution >= 0.6 is 0 Å². The number of nitrogens with one attached hydrogen (secondary N) is 1. The smallest absolute Gasteiger partial charge is 0.336 e. The van der Waals surface area contributed by atoms with Crippen LogP contribution in [-0.2, 0) is 16.6 Å². The van der Waals surface area contributed by atoms with E-state index in [1.807, 2.05) is 30.3 Å². The number of anilines is 1. The molecule has 8 heteroatoms. The average Bonchev–Trinajstić information content (AvgIpc) is 3.08. The van der Waals surface area contributed by atoms with Gasteiger partial charge in [0.05, 0.1) is 23.3 Å². The van der Waals surface area contributed by atoms with Gasteiger partial charge in [0.25, 0.3) is 10.0 Å². The third kappa shape index (κ3) is 3.75. The number of hydrogen-bond acceptors (Lipinski definition) is 5. The molecule has 0 saturated carbocycles. The van der Waals surface area contributed by atoms with Gasteiger partial charge in [-0.25, -0.2) is 13.2 Å². The van der Waals surface area contributed by atoms with Gasteiger partial charge in [-0.15, -0.1) is 0 Å². The molecule has 0 aliphatic carbocycles. The second-order valence-electron chi connectivity index (χ2n) is 5.97. The van der Waals surface area contributed by atoms with Crippen LogP contribution in [-0.4, -0.2) is 18.2 Å². The molecule has 7 nitrogen and oxygen atoms in total. The van der Waals surface area contributed by atoms with Crippen LogP contribution in [0.1, 0.15) is 5.56 Å². The zero-order valence-corrected chi connectivity index (χ0v) is 14.9. The molecular formula is C19H15N3O4S. The Labute approximate surface area is 154 Å². The fraction of sp³-hybridized carbons (Fsp3) is 0.0526. The highest BCUT2D eigenvalue weighted by molar-refractivity contribution is 7.92. The first kappa shape index (κ1) is 17.0. The predicted molar refractivity (Wildman–Crippen MR) is 101 cm³/mol. The molecule has 136 valence electrons.